The van der Waals surface area contributed by atoms with Crippen molar-refractivity contribution in [1.29, 1.82) is 0 Å². The van der Waals surface area contributed by atoms with Gasteiger partial charge in [0.25, 0.3) is 0 Å². The number of thioether (sulfide) groups is 1. The lowest BCUT2D eigenvalue weighted by Crippen LogP contribution is -1.98. The summed E-state index contributed by atoms with van der Waals surface area (Å²) in [5, 5.41) is 0. The molecule has 0 N–H and O–H groups in total. The standard InChI is InChI=1S/C14H16OS/c1-3-5-6-7-14(15)12-8-10-13(11-9-12)16-4-2/h1,8-11H,4-7H2,2H3. The fourth-order valence-electron chi connectivity index (χ4n) is 1.40. The molecule has 0 spiro atoms. The fourth-order valence-corrected chi connectivity index (χ4v) is 2.06. The van der Waals surface area contributed by atoms with Crippen molar-refractivity contribution in [3.05, 3.63) is 29.8 Å². The van der Waals surface area contributed by atoms with Gasteiger partial charge >= 0.3 is 0 Å². The third kappa shape index (κ3) is 4.12. The SMILES string of the molecule is C#CCCCC(=O)c1ccc(SCC)cc1. The molecule has 1 aromatic carbocycles. The van der Waals surface area contributed by atoms with Crippen LogP contribution >= 0.6 is 11.8 Å². The number of benzene rings is 1. The van der Waals surface area contributed by atoms with Gasteiger partial charge in [0, 0.05) is 23.3 Å². The lowest BCUT2D eigenvalue weighted by Gasteiger charge is -2.02. The highest BCUT2D eigenvalue weighted by molar-refractivity contribution is 7.99. The normalized spacial score (nSPS) is 9.75. The Bertz CT molecular complexity index is 373. The number of terminal acetylenes is 1. The van der Waals surface area contributed by atoms with Crippen LogP contribution < -0.4 is 0 Å². The van der Waals surface area contributed by atoms with Crippen LogP contribution in [0.1, 0.15) is 36.5 Å². The van der Waals surface area contributed by atoms with Crippen LogP contribution in [0, 0.1) is 12.3 Å². The first-order valence-corrected chi connectivity index (χ1v) is 6.46. The number of hydrogen-bond acceptors (Lipinski definition) is 2. The molecule has 0 radical (unpaired) electrons. The van der Waals surface area contributed by atoms with Gasteiger partial charge in [-0.05, 0) is 24.3 Å². The number of carbonyl (C=O) groups is 1. The Kier molecular flexibility index (Phi) is 5.74. The first kappa shape index (κ1) is 12.9. The fraction of sp³-hybridized carbons (Fsp3) is 0.357. The van der Waals surface area contributed by atoms with E-state index in [1.807, 2.05) is 24.3 Å². The molecule has 84 valence electrons. The van der Waals surface area contributed by atoms with Crippen LogP contribution in [0.2, 0.25) is 0 Å². The molecule has 1 aromatic rings. The van der Waals surface area contributed by atoms with Gasteiger partial charge in [-0.1, -0.05) is 19.1 Å². The zero-order valence-electron chi connectivity index (χ0n) is 9.53. The van der Waals surface area contributed by atoms with Crippen LogP contribution in [-0.4, -0.2) is 11.5 Å². The molecule has 0 aliphatic heterocycles. The van der Waals surface area contributed by atoms with Crippen LogP contribution in [0.25, 0.3) is 0 Å². The van der Waals surface area contributed by atoms with Gasteiger partial charge in [0.2, 0.25) is 0 Å². The third-order valence-corrected chi connectivity index (χ3v) is 3.11. The first-order chi connectivity index (χ1) is 7.77. The molecule has 1 rings (SSSR count). The van der Waals surface area contributed by atoms with Crippen molar-refractivity contribution >= 4 is 17.5 Å². The number of carbonyl (C=O) groups excluding carboxylic acids is 1. The molecule has 1 nitrogen and oxygen atoms in total. The Labute approximate surface area is 102 Å². The minimum Gasteiger partial charge on any atom is -0.294 e. The average Bonchev–Trinajstić information content (AvgIpc) is 2.30. The topological polar surface area (TPSA) is 17.1 Å². The Morgan fingerprint density at radius 2 is 2.06 bits per heavy atom. The number of ketones is 1. The van der Waals surface area contributed by atoms with Gasteiger partial charge in [-0.25, -0.2) is 0 Å². The van der Waals surface area contributed by atoms with E-state index in [1.54, 1.807) is 11.8 Å². The number of hydrogen-bond donors (Lipinski definition) is 0. The zero-order chi connectivity index (χ0) is 11.8. The summed E-state index contributed by atoms with van der Waals surface area (Å²) in [6.45, 7) is 2.11. The first-order valence-electron chi connectivity index (χ1n) is 5.47. The smallest absolute Gasteiger partial charge is 0.162 e. The van der Waals surface area contributed by atoms with Crippen molar-refractivity contribution in [2.24, 2.45) is 0 Å². The lowest BCUT2D eigenvalue weighted by atomic mass is 10.1. The molecule has 0 fully saturated rings. The summed E-state index contributed by atoms with van der Waals surface area (Å²) in [6.07, 6.45) is 7.14. The Hall–Kier alpha value is -1.20. The van der Waals surface area contributed by atoms with E-state index in [0.29, 0.717) is 12.8 Å². The maximum atomic E-state index is 11.7. The van der Waals surface area contributed by atoms with Gasteiger partial charge < -0.3 is 0 Å². The Morgan fingerprint density at radius 1 is 1.38 bits per heavy atom. The van der Waals surface area contributed by atoms with Crippen LogP contribution in [0.4, 0.5) is 0 Å². The molecule has 0 aromatic heterocycles. The van der Waals surface area contributed by atoms with E-state index in [9.17, 15) is 4.79 Å². The van der Waals surface area contributed by atoms with Crippen LogP contribution in [0.15, 0.2) is 29.2 Å². The van der Waals surface area contributed by atoms with Crippen molar-refractivity contribution in [3.8, 4) is 12.3 Å². The monoisotopic (exact) mass is 232 g/mol. The highest BCUT2D eigenvalue weighted by Crippen LogP contribution is 2.18. The molecule has 0 bridgehead atoms. The number of unbranched alkanes of at least 4 members (excludes halogenated alkanes) is 1. The second kappa shape index (κ2) is 7.14. The molecule has 0 aliphatic rings. The summed E-state index contributed by atoms with van der Waals surface area (Å²) in [5.41, 5.74) is 0.789. The number of rotatable bonds is 6. The number of Topliss-reactive ketones (excluding diaryl/α,β-unsaturated/α-hetero) is 1. The maximum Gasteiger partial charge on any atom is 0.162 e. The summed E-state index contributed by atoms with van der Waals surface area (Å²) in [6, 6.07) is 7.80. The van der Waals surface area contributed by atoms with E-state index >= 15 is 0 Å². The summed E-state index contributed by atoms with van der Waals surface area (Å²) in [4.78, 5) is 12.9. The molecule has 0 heterocycles. The van der Waals surface area contributed by atoms with Gasteiger partial charge in [0.15, 0.2) is 5.78 Å². The predicted octanol–water partition coefficient (Wildman–Crippen LogP) is 3.78. The molecule has 16 heavy (non-hydrogen) atoms. The minimum atomic E-state index is 0.184. The van der Waals surface area contributed by atoms with E-state index in [4.69, 9.17) is 6.42 Å². The minimum absolute atomic E-state index is 0.184. The summed E-state index contributed by atoms with van der Waals surface area (Å²) in [5.74, 6) is 3.78. The van der Waals surface area contributed by atoms with Crippen molar-refractivity contribution in [2.45, 2.75) is 31.1 Å². The van der Waals surface area contributed by atoms with Gasteiger partial charge in [-0.15, -0.1) is 24.1 Å². The second-order valence-corrected chi connectivity index (χ2v) is 4.78. The molecule has 0 saturated heterocycles. The van der Waals surface area contributed by atoms with Gasteiger partial charge in [0.1, 0.15) is 0 Å². The van der Waals surface area contributed by atoms with E-state index in [0.717, 1.165) is 17.7 Å². The average molecular weight is 232 g/mol. The van der Waals surface area contributed by atoms with E-state index < -0.39 is 0 Å². The summed E-state index contributed by atoms with van der Waals surface area (Å²) >= 11 is 1.78. The third-order valence-electron chi connectivity index (χ3n) is 2.21. The van der Waals surface area contributed by atoms with E-state index in [1.165, 1.54) is 4.90 Å². The highest BCUT2D eigenvalue weighted by Gasteiger charge is 2.04. The maximum absolute atomic E-state index is 11.7. The lowest BCUT2D eigenvalue weighted by molar-refractivity contribution is 0.0980. The van der Waals surface area contributed by atoms with Crippen molar-refractivity contribution in [1.82, 2.24) is 0 Å². The van der Waals surface area contributed by atoms with Crippen LogP contribution in [0.5, 0.6) is 0 Å². The van der Waals surface area contributed by atoms with Gasteiger partial charge in [-0.3, -0.25) is 4.79 Å². The van der Waals surface area contributed by atoms with Crippen molar-refractivity contribution < 1.29 is 4.79 Å². The highest BCUT2D eigenvalue weighted by atomic mass is 32.2. The van der Waals surface area contributed by atoms with Gasteiger partial charge in [0.05, 0.1) is 0 Å². The largest absolute Gasteiger partial charge is 0.294 e. The van der Waals surface area contributed by atoms with Crippen molar-refractivity contribution in [3.63, 3.8) is 0 Å². The molecule has 0 unspecified atom stereocenters. The second-order valence-electron chi connectivity index (χ2n) is 3.44. The van der Waals surface area contributed by atoms with E-state index in [2.05, 4.69) is 12.8 Å². The summed E-state index contributed by atoms with van der Waals surface area (Å²) < 4.78 is 0. The molecular weight excluding hydrogens is 216 g/mol. The molecule has 0 amide bonds. The molecule has 0 saturated carbocycles. The summed E-state index contributed by atoms with van der Waals surface area (Å²) in [7, 11) is 0. The quantitative estimate of drug-likeness (QED) is 0.321. The molecule has 0 aliphatic carbocycles. The zero-order valence-corrected chi connectivity index (χ0v) is 10.3. The Morgan fingerprint density at radius 3 is 2.62 bits per heavy atom. The van der Waals surface area contributed by atoms with Gasteiger partial charge in [-0.2, -0.15) is 0 Å². The van der Waals surface area contributed by atoms with Crippen molar-refractivity contribution in [2.75, 3.05) is 5.75 Å². The Balaban J connectivity index is 2.53. The molecule has 2 heteroatoms. The van der Waals surface area contributed by atoms with Crippen LogP contribution in [0.3, 0.4) is 0 Å². The van der Waals surface area contributed by atoms with E-state index in [-0.39, 0.29) is 5.78 Å². The predicted molar refractivity (Wildman–Crippen MR) is 69.9 cm³/mol. The van der Waals surface area contributed by atoms with Crippen LogP contribution in [-0.2, 0) is 0 Å². The molecular formula is C14H16OS. The molecule has 0 atom stereocenters.